The van der Waals surface area contributed by atoms with Crippen molar-refractivity contribution < 1.29 is 19.4 Å². The summed E-state index contributed by atoms with van der Waals surface area (Å²) in [5, 5.41) is 8.97. The van der Waals surface area contributed by atoms with Crippen molar-refractivity contribution >= 4 is 11.9 Å². The van der Waals surface area contributed by atoms with Crippen molar-refractivity contribution in [1.29, 1.82) is 0 Å². The molecule has 3 atom stereocenters. The number of carboxylic acids is 1. The summed E-state index contributed by atoms with van der Waals surface area (Å²) in [6.07, 6.45) is 2.33. The Morgan fingerprint density at radius 2 is 2.24 bits per heavy atom. The zero-order chi connectivity index (χ0) is 12.4. The first-order valence-corrected chi connectivity index (χ1v) is 6.26. The molecule has 1 saturated carbocycles. The van der Waals surface area contributed by atoms with E-state index in [0.29, 0.717) is 26.1 Å². The second-order valence-corrected chi connectivity index (χ2v) is 4.80. The Balaban J connectivity index is 1.86. The molecule has 5 nitrogen and oxygen atoms in total. The number of nitrogens with zero attached hydrogens (tertiary/aromatic N) is 1. The Morgan fingerprint density at radius 1 is 1.47 bits per heavy atom. The smallest absolute Gasteiger partial charge is 0.308 e. The third-order valence-corrected chi connectivity index (χ3v) is 3.51. The third kappa shape index (κ3) is 2.77. The van der Waals surface area contributed by atoms with Crippen LogP contribution in [0.3, 0.4) is 0 Å². The van der Waals surface area contributed by atoms with E-state index in [1.54, 1.807) is 4.90 Å². The Kier molecular flexibility index (Phi) is 3.66. The maximum atomic E-state index is 12.1. The molecule has 2 fully saturated rings. The average molecular weight is 241 g/mol. The Labute approximate surface area is 101 Å². The minimum Gasteiger partial charge on any atom is -0.481 e. The first kappa shape index (κ1) is 12.4. The van der Waals surface area contributed by atoms with Gasteiger partial charge >= 0.3 is 5.97 Å². The van der Waals surface area contributed by atoms with E-state index in [2.05, 4.69) is 0 Å². The first-order chi connectivity index (χ1) is 8.13. The predicted molar refractivity (Wildman–Crippen MR) is 60.5 cm³/mol. The van der Waals surface area contributed by atoms with Gasteiger partial charge in [0.1, 0.15) is 0 Å². The highest BCUT2D eigenvalue weighted by atomic mass is 16.5. The van der Waals surface area contributed by atoms with Gasteiger partial charge in [0.05, 0.1) is 17.9 Å². The lowest BCUT2D eigenvalue weighted by Gasteiger charge is -2.30. The summed E-state index contributed by atoms with van der Waals surface area (Å²) in [6.45, 7) is 3.61. The molecule has 1 aliphatic carbocycles. The number of piperidine rings is 1. The van der Waals surface area contributed by atoms with E-state index in [1.807, 2.05) is 6.92 Å². The van der Waals surface area contributed by atoms with Crippen LogP contribution in [0, 0.1) is 11.8 Å². The van der Waals surface area contributed by atoms with Crippen LogP contribution in [0.25, 0.3) is 0 Å². The fourth-order valence-corrected chi connectivity index (χ4v) is 2.44. The minimum atomic E-state index is -0.792. The molecule has 17 heavy (non-hydrogen) atoms. The Bertz CT molecular complexity index is 318. The van der Waals surface area contributed by atoms with E-state index in [4.69, 9.17) is 9.84 Å². The highest BCUT2D eigenvalue weighted by Gasteiger charge is 2.46. The zero-order valence-corrected chi connectivity index (χ0v) is 10.1. The predicted octanol–water partition coefficient (Wildman–Crippen LogP) is 0.735. The number of hydrogen-bond donors (Lipinski definition) is 1. The maximum absolute atomic E-state index is 12.1. The molecule has 1 heterocycles. The molecular weight excluding hydrogens is 222 g/mol. The summed E-state index contributed by atoms with van der Waals surface area (Å²) >= 11 is 0. The standard InChI is InChI=1S/C12H19NO4/c1-2-17-10-6-9(10)11(14)13-5-3-4-8(7-13)12(15)16/h8-10H,2-7H2,1H3,(H,15,16). The van der Waals surface area contributed by atoms with Gasteiger partial charge < -0.3 is 14.7 Å². The van der Waals surface area contributed by atoms with E-state index >= 15 is 0 Å². The van der Waals surface area contributed by atoms with Gasteiger partial charge in [-0.3, -0.25) is 9.59 Å². The number of carboxylic acid groups (broad SMARTS) is 1. The molecule has 3 unspecified atom stereocenters. The molecule has 1 saturated heterocycles. The van der Waals surface area contributed by atoms with Crippen molar-refractivity contribution in [3.05, 3.63) is 0 Å². The van der Waals surface area contributed by atoms with Gasteiger partial charge in [-0.25, -0.2) is 0 Å². The number of likely N-dealkylation sites (tertiary alicyclic amines) is 1. The fourth-order valence-electron chi connectivity index (χ4n) is 2.44. The second kappa shape index (κ2) is 5.04. The number of carbonyl (C=O) groups is 2. The normalized spacial score (nSPS) is 32.3. The molecule has 0 spiro atoms. The Hall–Kier alpha value is -1.10. The van der Waals surface area contributed by atoms with Crippen LogP contribution < -0.4 is 0 Å². The van der Waals surface area contributed by atoms with Gasteiger partial charge in [-0.1, -0.05) is 0 Å². The van der Waals surface area contributed by atoms with Crippen LogP contribution in [0.5, 0.6) is 0 Å². The topological polar surface area (TPSA) is 66.8 Å². The van der Waals surface area contributed by atoms with Crippen LogP contribution >= 0.6 is 0 Å². The van der Waals surface area contributed by atoms with Crippen molar-refractivity contribution in [3.63, 3.8) is 0 Å². The summed E-state index contributed by atoms with van der Waals surface area (Å²) in [7, 11) is 0. The number of rotatable bonds is 4. The molecule has 0 aromatic carbocycles. The van der Waals surface area contributed by atoms with E-state index in [1.165, 1.54) is 0 Å². The van der Waals surface area contributed by atoms with Gasteiger partial charge in [0.15, 0.2) is 0 Å². The Morgan fingerprint density at radius 3 is 2.88 bits per heavy atom. The fraction of sp³-hybridized carbons (Fsp3) is 0.833. The lowest BCUT2D eigenvalue weighted by atomic mass is 9.98. The number of carbonyl (C=O) groups excluding carboxylic acids is 1. The highest BCUT2D eigenvalue weighted by molar-refractivity contribution is 5.83. The molecule has 0 aromatic rings. The SMILES string of the molecule is CCOC1CC1C(=O)N1CCCC(C(=O)O)C1. The molecule has 1 N–H and O–H groups in total. The van der Waals surface area contributed by atoms with Crippen molar-refractivity contribution in [3.8, 4) is 0 Å². The van der Waals surface area contributed by atoms with E-state index < -0.39 is 11.9 Å². The summed E-state index contributed by atoms with van der Waals surface area (Å²) < 4.78 is 5.39. The van der Waals surface area contributed by atoms with Gasteiger partial charge in [-0.05, 0) is 26.2 Å². The number of aliphatic carboxylic acids is 1. The molecule has 0 bridgehead atoms. The van der Waals surface area contributed by atoms with Crippen LogP contribution in [0.1, 0.15) is 26.2 Å². The summed E-state index contributed by atoms with van der Waals surface area (Å²) in [6, 6.07) is 0. The third-order valence-electron chi connectivity index (χ3n) is 3.51. The van der Waals surface area contributed by atoms with Gasteiger partial charge in [-0.15, -0.1) is 0 Å². The monoisotopic (exact) mass is 241 g/mol. The molecule has 1 aliphatic heterocycles. The number of hydrogen-bond acceptors (Lipinski definition) is 3. The lowest BCUT2D eigenvalue weighted by molar-refractivity contribution is -0.146. The van der Waals surface area contributed by atoms with Crippen LogP contribution in [-0.2, 0) is 14.3 Å². The quantitative estimate of drug-likeness (QED) is 0.788. The van der Waals surface area contributed by atoms with Gasteiger partial charge in [-0.2, -0.15) is 0 Å². The molecule has 0 aromatic heterocycles. The first-order valence-electron chi connectivity index (χ1n) is 6.26. The summed E-state index contributed by atoms with van der Waals surface area (Å²) in [5.74, 6) is -1.13. The van der Waals surface area contributed by atoms with Crippen LogP contribution in [0.2, 0.25) is 0 Å². The van der Waals surface area contributed by atoms with E-state index in [9.17, 15) is 9.59 Å². The average Bonchev–Trinajstić information content (AvgIpc) is 3.08. The van der Waals surface area contributed by atoms with Crippen molar-refractivity contribution in [2.24, 2.45) is 11.8 Å². The van der Waals surface area contributed by atoms with Gasteiger partial charge in [0.25, 0.3) is 0 Å². The maximum Gasteiger partial charge on any atom is 0.308 e. The molecule has 2 aliphatic rings. The lowest BCUT2D eigenvalue weighted by Crippen LogP contribution is -2.43. The largest absolute Gasteiger partial charge is 0.481 e. The molecule has 1 amide bonds. The summed E-state index contributed by atoms with van der Waals surface area (Å²) in [4.78, 5) is 24.7. The van der Waals surface area contributed by atoms with Crippen LogP contribution in [-0.4, -0.2) is 47.7 Å². The molecular formula is C12H19NO4. The number of amides is 1. The van der Waals surface area contributed by atoms with E-state index in [0.717, 1.165) is 12.8 Å². The molecule has 96 valence electrons. The summed E-state index contributed by atoms with van der Waals surface area (Å²) in [5.41, 5.74) is 0. The zero-order valence-electron chi connectivity index (χ0n) is 10.1. The minimum absolute atomic E-state index is 0.0255. The van der Waals surface area contributed by atoms with Crippen molar-refractivity contribution in [1.82, 2.24) is 4.90 Å². The van der Waals surface area contributed by atoms with E-state index in [-0.39, 0.29) is 17.9 Å². The molecule has 2 rings (SSSR count). The van der Waals surface area contributed by atoms with Crippen molar-refractivity contribution in [2.45, 2.75) is 32.3 Å². The van der Waals surface area contributed by atoms with Gasteiger partial charge in [0.2, 0.25) is 5.91 Å². The van der Waals surface area contributed by atoms with Crippen molar-refractivity contribution in [2.75, 3.05) is 19.7 Å². The van der Waals surface area contributed by atoms with Crippen LogP contribution in [0.4, 0.5) is 0 Å². The molecule has 0 radical (unpaired) electrons. The second-order valence-electron chi connectivity index (χ2n) is 4.80. The molecule has 5 heteroatoms. The highest BCUT2D eigenvalue weighted by Crippen LogP contribution is 2.36. The number of ether oxygens (including phenoxy) is 1. The van der Waals surface area contributed by atoms with Gasteiger partial charge in [0, 0.05) is 19.7 Å². The van der Waals surface area contributed by atoms with Crippen LogP contribution in [0.15, 0.2) is 0 Å².